The van der Waals surface area contributed by atoms with Gasteiger partial charge >= 0.3 is 7.12 Å². The summed E-state index contributed by atoms with van der Waals surface area (Å²) in [6.07, 6.45) is 9.35. The summed E-state index contributed by atoms with van der Waals surface area (Å²) in [4.78, 5) is 5.56. The summed E-state index contributed by atoms with van der Waals surface area (Å²) in [5, 5.41) is 3.60. The molecule has 1 saturated carbocycles. The fourth-order valence-corrected chi connectivity index (χ4v) is 6.91. The Bertz CT molecular complexity index is 869. The molecule has 0 bridgehead atoms. The van der Waals surface area contributed by atoms with Gasteiger partial charge in [-0.1, -0.05) is 18.6 Å². The molecule has 1 aromatic carbocycles. The Morgan fingerprint density at radius 2 is 1.58 bits per heavy atom. The molecule has 4 heterocycles. The number of rotatable bonds is 3. The molecule has 3 saturated heterocycles. The van der Waals surface area contributed by atoms with E-state index in [1.54, 1.807) is 5.56 Å². The van der Waals surface area contributed by atoms with Crippen molar-refractivity contribution >= 4 is 18.3 Å². The number of fused-ring (bicyclic) bond motifs is 2. The van der Waals surface area contributed by atoms with Crippen LogP contribution in [0.15, 0.2) is 18.2 Å². The number of hydrogen-bond acceptors (Lipinski definition) is 5. The van der Waals surface area contributed by atoms with Crippen LogP contribution in [0.5, 0.6) is 0 Å². The molecule has 1 aliphatic carbocycles. The van der Waals surface area contributed by atoms with Gasteiger partial charge in [-0.3, -0.25) is 0 Å². The highest BCUT2D eigenvalue weighted by molar-refractivity contribution is 6.62. The van der Waals surface area contributed by atoms with E-state index in [0.29, 0.717) is 11.5 Å². The summed E-state index contributed by atoms with van der Waals surface area (Å²) in [5.74, 6) is 0. The molecule has 1 aromatic rings. The van der Waals surface area contributed by atoms with Crippen molar-refractivity contribution in [1.29, 1.82) is 0 Å². The Hall–Kier alpha value is -1.08. The Labute approximate surface area is 200 Å². The van der Waals surface area contributed by atoms with Crippen LogP contribution < -0.4 is 15.7 Å². The normalized spacial score (nSPS) is 32.7. The number of nitrogens with one attached hydrogen (secondary N) is 1. The molecule has 0 amide bonds. The first kappa shape index (κ1) is 22.4. The minimum absolute atomic E-state index is 0.283. The Morgan fingerprint density at radius 1 is 0.909 bits per heavy atom. The van der Waals surface area contributed by atoms with Gasteiger partial charge in [-0.2, -0.15) is 0 Å². The summed E-state index contributed by atoms with van der Waals surface area (Å²) >= 11 is 0. The monoisotopic (exact) mass is 451 g/mol. The van der Waals surface area contributed by atoms with Crippen LogP contribution in [0, 0.1) is 0 Å². The summed E-state index contributed by atoms with van der Waals surface area (Å²) in [5.41, 5.74) is 3.92. The van der Waals surface area contributed by atoms with Crippen LogP contribution in [0.1, 0.15) is 78.2 Å². The SMILES string of the molecule is CC1(C)OB(c2ccc3c(c2)N([C@H]2C[C@@H](N4CCCCC4)C2)CC32CCNCC2)OC1(C)C. The Balaban J connectivity index is 1.27. The molecule has 33 heavy (non-hydrogen) atoms. The lowest BCUT2D eigenvalue weighted by Gasteiger charge is -2.49. The van der Waals surface area contributed by atoms with Gasteiger partial charge in [0.05, 0.1) is 11.2 Å². The molecule has 4 fully saturated rings. The number of piperidine rings is 2. The van der Waals surface area contributed by atoms with Gasteiger partial charge < -0.3 is 24.4 Å². The molecule has 6 heteroatoms. The zero-order valence-corrected chi connectivity index (χ0v) is 21.2. The fraction of sp³-hybridized carbons (Fsp3) is 0.778. The smallest absolute Gasteiger partial charge is 0.399 e. The third-order valence-corrected chi connectivity index (χ3v) is 9.90. The van der Waals surface area contributed by atoms with Gasteiger partial charge in [0.1, 0.15) is 0 Å². The lowest BCUT2D eigenvalue weighted by atomic mass is 9.72. The predicted molar refractivity (Wildman–Crippen MR) is 136 cm³/mol. The summed E-state index contributed by atoms with van der Waals surface area (Å²) in [7, 11) is -0.283. The van der Waals surface area contributed by atoms with E-state index in [-0.39, 0.29) is 18.3 Å². The molecule has 1 N–H and O–H groups in total. The van der Waals surface area contributed by atoms with Crippen molar-refractivity contribution < 1.29 is 9.31 Å². The van der Waals surface area contributed by atoms with Gasteiger partial charge in [-0.05, 0) is 109 Å². The third kappa shape index (κ3) is 3.67. The highest BCUT2D eigenvalue weighted by atomic mass is 16.7. The largest absolute Gasteiger partial charge is 0.494 e. The summed E-state index contributed by atoms with van der Waals surface area (Å²) in [6, 6.07) is 8.60. The molecule has 5 nitrogen and oxygen atoms in total. The van der Waals surface area contributed by atoms with Gasteiger partial charge in [0, 0.05) is 29.7 Å². The zero-order chi connectivity index (χ0) is 22.8. The standard InChI is InChI=1S/C27H42BN3O2/c1-25(2)26(3,4)33-28(32-25)20-8-9-23-24(16-20)31(19-27(23)10-12-29-13-11-27)22-17-21(18-22)30-14-6-5-7-15-30/h8-9,16,21-22,29H,5-7,10-15,17-19H2,1-4H3/t21-,22+. The van der Waals surface area contributed by atoms with Crippen molar-refractivity contribution in [3.63, 3.8) is 0 Å². The van der Waals surface area contributed by atoms with Gasteiger partial charge in [0.25, 0.3) is 0 Å². The molecule has 0 unspecified atom stereocenters. The van der Waals surface area contributed by atoms with Gasteiger partial charge in [-0.15, -0.1) is 0 Å². The number of hydrogen-bond donors (Lipinski definition) is 1. The Morgan fingerprint density at radius 3 is 2.24 bits per heavy atom. The van der Waals surface area contributed by atoms with E-state index in [4.69, 9.17) is 9.31 Å². The quantitative estimate of drug-likeness (QED) is 0.713. The van der Waals surface area contributed by atoms with Crippen molar-refractivity contribution in [3.8, 4) is 0 Å². The highest BCUT2D eigenvalue weighted by Crippen LogP contribution is 2.49. The van der Waals surface area contributed by atoms with E-state index >= 15 is 0 Å². The van der Waals surface area contributed by atoms with E-state index in [0.717, 1.165) is 19.1 Å². The Kier molecular flexibility index (Phi) is 5.41. The second-order valence-corrected chi connectivity index (χ2v) is 12.4. The average Bonchev–Trinajstić information content (AvgIpc) is 3.18. The highest BCUT2D eigenvalue weighted by Gasteiger charge is 2.53. The van der Waals surface area contributed by atoms with Crippen LogP contribution in [0.2, 0.25) is 0 Å². The van der Waals surface area contributed by atoms with Crippen molar-refractivity contribution in [2.75, 3.05) is 37.6 Å². The van der Waals surface area contributed by atoms with Gasteiger partial charge in [-0.25, -0.2) is 0 Å². The minimum atomic E-state index is -0.303. The molecule has 0 radical (unpaired) electrons. The number of anilines is 1. The van der Waals surface area contributed by atoms with Crippen LogP contribution in [0.3, 0.4) is 0 Å². The van der Waals surface area contributed by atoms with Crippen molar-refractivity contribution in [2.24, 2.45) is 0 Å². The summed E-state index contributed by atoms with van der Waals surface area (Å²) < 4.78 is 12.8. The maximum absolute atomic E-state index is 6.42. The summed E-state index contributed by atoms with van der Waals surface area (Å²) in [6.45, 7) is 14.7. The molecular weight excluding hydrogens is 409 g/mol. The van der Waals surface area contributed by atoms with E-state index in [1.807, 2.05) is 0 Å². The molecule has 0 aromatic heterocycles. The van der Waals surface area contributed by atoms with E-state index in [1.165, 1.54) is 75.7 Å². The van der Waals surface area contributed by atoms with Crippen molar-refractivity contribution in [3.05, 3.63) is 23.8 Å². The zero-order valence-electron chi connectivity index (χ0n) is 21.2. The lowest BCUT2D eigenvalue weighted by Crippen LogP contribution is -2.56. The maximum atomic E-state index is 6.42. The van der Waals surface area contributed by atoms with Crippen LogP contribution in [0.25, 0.3) is 0 Å². The predicted octanol–water partition coefficient (Wildman–Crippen LogP) is 3.44. The van der Waals surface area contributed by atoms with Crippen LogP contribution >= 0.6 is 0 Å². The van der Waals surface area contributed by atoms with Crippen molar-refractivity contribution in [1.82, 2.24) is 10.2 Å². The number of likely N-dealkylation sites (tertiary alicyclic amines) is 1. The van der Waals surface area contributed by atoms with Gasteiger partial charge in [0.2, 0.25) is 0 Å². The molecule has 4 aliphatic heterocycles. The fourth-order valence-electron chi connectivity index (χ4n) is 6.91. The number of nitrogens with zero attached hydrogens (tertiary/aromatic N) is 2. The molecule has 6 rings (SSSR count). The van der Waals surface area contributed by atoms with Crippen LogP contribution in [-0.4, -0.2) is 68.0 Å². The van der Waals surface area contributed by atoms with E-state index in [9.17, 15) is 0 Å². The first-order valence-electron chi connectivity index (χ1n) is 13.5. The third-order valence-electron chi connectivity index (χ3n) is 9.90. The average molecular weight is 451 g/mol. The minimum Gasteiger partial charge on any atom is -0.399 e. The number of benzene rings is 1. The molecule has 0 atom stereocenters. The molecule has 5 aliphatic rings. The first-order chi connectivity index (χ1) is 15.8. The lowest BCUT2D eigenvalue weighted by molar-refractivity contribution is 0.00578. The second kappa shape index (κ2) is 7.98. The van der Waals surface area contributed by atoms with E-state index in [2.05, 4.69) is 61.0 Å². The first-order valence-corrected chi connectivity index (χ1v) is 13.5. The molecule has 1 spiro atoms. The maximum Gasteiger partial charge on any atom is 0.494 e. The van der Waals surface area contributed by atoms with Crippen LogP contribution in [-0.2, 0) is 14.7 Å². The van der Waals surface area contributed by atoms with Gasteiger partial charge in [0.15, 0.2) is 0 Å². The van der Waals surface area contributed by atoms with Crippen molar-refractivity contribution in [2.45, 2.75) is 101 Å². The molecule has 180 valence electrons. The van der Waals surface area contributed by atoms with E-state index < -0.39 is 0 Å². The molecular formula is C27H42BN3O2. The second-order valence-electron chi connectivity index (χ2n) is 12.4. The van der Waals surface area contributed by atoms with Crippen LogP contribution in [0.4, 0.5) is 5.69 Å². The topological polar surface area (TPSA) is 37.0 Å².